The molecule has 2 fully saturated rings. The molecule has 1 saturated carbocycles. The molecular weight excluding hydrogens is 546 g/mol. The zero-order chi connectivity index (χ0) is 30.2. The van der Waals surface area contributed by atoms with Gasteiger partial charge in [-0.05, 0) is 77.9 Å². The van der Waals surface area contributed by atoms with Crippen LogP contribution >= 0.6 is 0 Å². The number of furan rings is 1. The zero-order valence-corrected chi connectivity index (χ0v) is 26.3. The zero-order valence-electron chi connectivity index (χ0n) is 26.3. The fourth-order valence-corrected chi connectivity index (χ4v) is 6.15. The van der Waals surface area contributed by atoms with Crippen LogP contribution < -0.4 is 15.0 Å². The summed E-state index contributed by atoms with van der Waals surface area (Å²) >= 11 is 0. The summed E-state index contributed by atoms with van der Waals surface area (Å²) < 4.78 is 26.1. The van der Waals surface area contributed by atoms with E-state index in [1.165, 1.54) is 25.9 Å². The highest BCUT2D eigenvalue weighted by Gasteiger charge is 2.39. The number of rotatable bonds is 12. The van der Waals surface area contributed by atoms with Gasteiger partial charge in [-0.3, -0.25) is 5.32 Å². The van der Waals surface area contributed by atoms with Crippen molar-refractivity contribution in [2.24, 2.45) is 0 Å². The molecule has 0 amide bonds. The Balaban J connectivity index is 1.12. The normalized spacial score (nSPS) is 20.9. The molecule has 43 heavy (non-hydrogen) atoms. The van der Waals surface area contributed by atoms with Gasteiger partial charge in [-0.15, -0.1) is 5.10 Å². The third-order valence-corrected chi connectivity index (χ3v) is 8.28. The lowest BCUT2D eigenvalue weighted by Gasteiger charge is -2.43. The number of likely N-dealkylation sites (tertiary alicyclic amines) is 1. The third kappa shape index (κ3) is 6.80. The molecule has 0 aromatic carbocycles. The minimum absolute atomic E-state index is 0.0472. The molecule has 11 nitrogen and oxygen atoms in total. The quantitative estimate of drug-likeness (QED) is 0.224. The summed E-state index contributed by atoms with van der Waals surface area (Å²) in [6, 6.07) is 7.97. The van der Waals surface area contributed by atoms with Crippen molar-refractivity contribution in [3.63, 3.8) is 0 Å². The van der Waals surface area contributed by atoms with E-state index in [1.807, 2.05) is 58.2 Å². The molecule has 1 unspecified atom stereocenters. The monoisotopic (exact) mass is 591 g/mol. The minimum Gasteiger partial charge on any atom is -0.473 e. The summed E-state index contributed by atoms with van der Waals surface area (Å²) in [5.41, 5.74) is 1.95. The molecular formula is C32H45N7O4. The highest BCUT2D eigenvalue weighted by molar-refractivity contribution is 5.91. The first-order chi connectivity index (χ1) is 20.6. The summed E-state index contributed by atoms with van der Waals surface area (Å²) in [4.78, 5) is 14.0. The number of pyridine rings is 1. The number of nitrogens with zero attached hydrogens (tertiary/aromatic N) is 6. The molecule has 1 N–H and O–H groups in total. The van der Waals surface area contributed by atoms with Crippen molar-refractivity contribution in [2.45, 2.75) is 83.5 Å². The van der Waals surface area contributed by atoms with E-state index in [2.05, 4.69) is 27.1 Å². The van der Waals surface area contributed by atoms with Gasteiger partial charge in [0.05, 0.1) is 17.2 Å². The minimum atomic E-state index is -0.860. The predicted molar refractivity (Wildman–Crippen MR) is 166 cm³/mol. The summed E-state index contributed by atoms with van der Waals surface area (Å²) in [6.07, 6.45) is 9.05. The Morgan fingerprint density at radius 2 is 1.88 bits per heavy atom. The highest BCUT2D eigenvalue weighted by atomic mass is 16.7. The van der Waals surface area contributed by atoms with Crippen LogP contribution in [0.4, 0.5) is 5.82 Å². The van der Waals surface area contributed by atoms with Crippen molar-refractivity contribution in [3.05, 3.63) is 36.7 Å². The number of imidazole rings is 1. The molecule has 6 rings (SSSR count). The maximum Gasteiger partial charge on any atom is 0.232 e. The van der Waals surface area contributed by atoms with E-state index in [4.69, 9.17) is 28.7 Å². The molecule has 5 heterocycles. The Kier molecular flexibility index (Phi) is 8.34. The number of hydrogen-bond acceptors (Lipinski definition) is 10. The highest BCUT2D eigenvalue weighted by Crippen LogP contribution is 2.33. The maximum absolute atomic E-state index is 6.31. The van der Waals surface area contributed by atoms with Gasteiger partial charge in [0, 0.05) is 58.8 Å². The van der Waals surface area contributed by atoms with Gasteiger partial charge in [0.15, 0.2) is 11.4 Å². The average molecular weight is 592 g/mol. The van der Waals surface area contributed by atoms with Gasteiger partial charge in [-0.2, -0.15) is 0 Å². The first-order valence-electron chi connectivity index (χ1n) is 15.5. The van der Waals surface area contributed by atoms with Gasteiger partial charge < -0.3 is 28.4 Å². The van der Waals surface area contributed by atoms with Crippen molar-refractivity contribution in [1.82, 2.24) is 29.8 Å². The van der Waals surface area contributed by atoms with Crippen LogP contribution in [0.3, 0.4) is 0 Å². The van der Waals surface area contributed by atoms with Crippen LogP contribution in [0, 0.1) is 0 Å². The Morgan fingerprint density at radius 1 is 1.09 bits per heavy atom. The van der Waals surface area contributed by atoms with Crippen LogP contribution in [-0.2, 0) is 9.47 Å². The van der Waals surface area contributed by atoms with Gasteiger partial charge in [0.2, 0.25) is 11.8 Å². The van der Waals surface area contributed by atoms with Gasteiger partial charge in [0.25, 0.3) is 0 Å². The van der Waals surface area contributed by atoms with Gasteiger partial charge >= 0.3 is 0 Å². The molecule has 0 bridgehead atoms. The van der Waals surface area contributed by atoms with E-state index in [0.717, 1.165) is 60.5 Å². The predicted octanol–water partition coefficient (Wildman–Crippen LogP) is 5.09. The van der Waals surface area contributed by atoms with Crippen molar-refractivity contribution < 1.29 is 18.6 Å². The number of methoxy groups -OCH3 is 1. The van der Waals surface area contributed by atoms with E-state index < -0.39 is 5.91 Å². The summed E-state index contributed by atoms with van der Waals surface area (Å²) in [6.45, 7) is 12.5. The Morgan fingerprint density at radius 3 is 2.63 bits per heavy atom. The SMILES string of the molecule is COC(C)(N[C@H]1C[C@H](Oc2ccc3ncc(-c4cc5c(N(C)CCCN6CCCC6)nccc5o4)n3n2)C1)OC(C)(C)C. The number of hydrogen-bond donors (Lipinski definition) is 1. The summed E-state index contributed by atoms with van der Waals surface area (Å²) in [7, 11) is 3.76. The second-order valence-corrected chi connectivity index (χ2v) is 13.0. The summed E-state index contributed by atoms with van der Waals surface area (Å²) in [5, 5.41) is 9.23. The Bertz CT molecular complexity index is 1530. The van der Waals surface area contributed by atoms with Crippen molar-refractivity contribution in [2.75, 3.05) is 45.2 Å². The molecule has 11 heteroatoms. The molecule has 4 aromatic rings. The van der Waals surface area contributed by atoms with Crippen LogP contribution in [0.5, 0.6) is 5.88 Å². The lowest BCUT2D eigenvalue weighted by molar-refractivity contribution is -0.281. The standard InChI is InChI=1S/C32H45N7O4/c1-31(2,3)43-32(4,40-6)35-22-18-23(19-22)41-29-11-10-28-34-21-25(39(28)36-29)27-20-24-26(42-27)12-13-33-30(24)37(5)14-9-17-38-15-7-8-16-38/h10-13,20-23,35H,7-9,14-19H2,1-6H3/t22-,23-,32?. The molecule has 232 valence electrons. The van der Waals surface area contributed by atoms with Crippen LogP contribution in [-0.4, -0.2) is 88.5 Å². The smallest absolute Gasteiger partial charge is 0.232 e. The van der Waals surface area contributed by atoms with Crippen LogP contribution in [0.1, 0.15) is 59.8 Å². The first kappa shape index (κ1) is 29.8. The molecule has 2 aliphatic rings. The molecule has 0 radical (unpaired) electrons. The van der Waals surface area contributed by atoms with E-state index >= 15 is 0 Å². The fourth-order valence-electron chi connectivity index (χ4n) is 6.15. The molecule has 1 aliphatic carbocycles. The van der Waals surface area contributed by atoms with Crippen molar-refractivity contribution in [3.8, 4) is 17.3 Å². The van der Waals surface area contributed by atoms with Crippen LogP contribution in [0.2, 0.25) is 0 Å². The number of nitrogens with one attached hydrogen (secondary N) is 1. The molecule has 0 spiro atoms. The second kappa shape index (κ2) is 12.0. The molecule has 1 atom stereocenters. The fraction of sp³-hybridized carbons (Fsp3) is 0.594. The van der Waals surface area contributed by atoms with E-state index in [1.54, 1.807) is 17.8 Å². The maximum atomic E-state index is 6.31. The van der Waals surface area contributed by atoms with E-state index in [-0.39, 0.29) is 17.7 Å². The molecule has 1 saturated heterocycles. The first-order valence-corrected chi connectivity index (χ1v) is 15.5. The van der Waals surface area contributed by atoms with Crippen LogP contribution in [0.25, 0.3) is 28.1 Å². The lowest BCUT2D eigenvalue weighted by atomic mass is 9.89. The number of ether oxygens (including phenoxy) is 3. The topological polar surface area (TPSA) is 102 Å². The van der Waals surface area contributed by atoms with Crippen molar-refractivity contribution >= 4 is 22.4 Å². The Labute approximate surface area is 253 Å². The largest absolute Gasteiger partial charge is 0.473 e. The van der Waals surface area contributed by atoms with E-state index in [9.17, 15) is 0 Å². The third-order valence-electron chi connectivity index (χ3n) is 8.28. The van der Waals surface area contributed by atoms with Gasteiger partial charge in [-0.25, -0.2) is 14.5 Å². The van der Waals surface area contributed by atoms with Crippen molar-refractivity contribution in [1.29, 1.82) is 0 Å². The summed E-state index contributed by atoms with van der Waals surface area (Å²) in [5.74, 6) is 1.30. The number of anilines is 1. The van der Waals surface area contributed by atoms with E-state index in [0.29, 0.717) is 11.6 Å². The van der Waals surface area contributed by atoms with Gasteiger partial charge in [0.1, 0.15) is 23.2 Å². The molecule has 4 aromatic heterocycles. The number of aromatic nitrogens is 4. The van der Waals surface area contributed by atoms with Crippen LogP contribution in [0.15, 0.2) is 41.1 Å². The van der Waals surface area contributed by atoms with Gasteiger partial charge in [-0.1, -0.05) is 0 Å². The Hall–Kier alpha value is -3.25. The molecule has 1 aliphatic heterocycles. The average Bonchev–Trinajstić information content (AvgIpc) is 3.70. The second-order valence-electron chi connectivity index (χ2n) is 13.0. The lowest BCUT2D eigenvalue weighted by Crippen LogP contribution is -2.59. The number of fused-ring (bicyclic) bond motifs is 2.